The summed E-state index contributed by atoms with van der Waals surface area (Å²) in [6, 6.07) is 5.18. The Labute approximate surface area is 95.4 Å². The number of hydrogen-bond acceptors (Lipinski definition) is 3. The van der Waals surface area contributed by atoms with E-state index in [1.165, 1.54) is 12.1 Å². The van der Waals surface area contributed by atoms with Gasteiger partial charge >= 0.3 is 0 Å². The van der Waals surface area contributed by atoms with Crippen LogP contribution in [-0.2, 0) is 9.84 Å². The van der Waals surface area contributed by atoms with Crippen molar-refractivity contribution in [2.75, 3.05) is 6.26 Å². The molecule has 0 spiro atoms. The molecule has 5 heteroatoms. The first-order valence-electron chi connectivity index (χ1n) is 5.06. The van der Waals surface area contributed by atoms with Crippen molar-refractivity contribution < 1.29 is 12.8 Å². The Hall–Kier alpha value is -0.940. The van der Waals surface area contributed by atoms with Gasteiger partial charge in [-0.15, -0.1) is 0 Å². The average molecular weight is 245 g/mol. The second kappa shape index (κ2) is 4.93. The topological polar surface area (TPSA) is 60.2 Å². The maximum atomic E-state index is 13.5. The standard InChI is InChI=1S/C11H16FNO2S/c1-3-10(16(2,14)15)11(13)8-6-4-5-7-9(8)12/h4-7,10-11H,3,13H2,1-2H3. The van der Waals surface area contributed by atoms with Crippen molar-refractivity contribution >= 4 is 9.84 Å². The van der Waals surface area contributed by atoms with Gasteiger partial charge in [-0.25, -0.2) is 12.8 Å². The number of halogens is 1. The summed E-state index contributed by atoms with van der Waals surface area (Å²) < 4.78 is 36.4. The SMILES string of the molecule is CCC(C(N)c1ccccc1F)S(C)(=O)=O. The zero-order valence-electron chi connectivity index (χ0n) is 9.35. The first-order valence-corrected chi connectivity index (χ1v) is 7.02. The normalized spacial score (nSPS) is 15.8. The third-order valence-corrected chi connectivity index (χ3v) is 4.34. The van der Waals surface area contributed by atoms with Crippen molar-refractivity contribution in [1.29, 1.82) is 0 Å². The van der Waals surface area contributed by atoms with E-state index in [0.717, 1.165) is 6.26 Å². The molecule has 0 radical (unpaired) electrons. The highest BCUT2D eigenvalue weighted by atomic mass is 32.2. The molecule has 0 amide bonds. The number of benzene rings is 1. The fourth-order valence-corrected chi connectivity index (χ4v) is 3.05. The van der Waals surface area contributed by atoms with Gasteiger partial charge in [-0.2, -0.15) is 0 Å². The van der Waals surface area contributed by atoms with E-state index in [9.17, 15) is 12.8 Å². The van der Waals surface area contributed by atoms with Crippen LogP contribution in [0.1, 0.15) is 24.9 Å². The van der Waals surface area contributed by atoms with Crippen molar-refractivity contribution in [2.45, 2.75) is 24.6 Å². The summed E-state index contributed by atoms with van der Waals surface area (Å²) in [5.74, 6) is -0.461. The first-order chi connectivity index (χ1) is 7.38. The summed E-state index contributed by atoms with van der Waals surface area (Å²) >= 11 is 0. The molecule has 1 aromatic rings. The molecule has 2 atom stereocenters. The third kappa shape index (κ3) is 2.80. The molecule has 2 N–H and O–H groups in total. The van der Waals surface area contributed by atoms with E-state index < -0.39 is 26.9 Å². The molecule has 1 rings (SSSR count). The van der Waals surface area contributed by atoms with Crippen molar-refractivity contribution in [1.82, 2.24) is 0 Å². The highest BCUT2D eigenvalue weighted by Crippen LogP contribution is 2.23. The molecule has 0 aromatic heterocycles. The van der Waals surface area contributed by atoms with Gasteiger partial charge in [0.25, 0.3) is 0 Å². The van der Waals surface area contributed by atoms with Crippen LogP contribution >= 0.6 is 0 Å². The minimum atomic E-state index is -3.27. The van der Waals surface area contributed by atoms with E-state index in [-0.39, 0.29) is 5.56 Å². The number of sulfone groups is 1. The van der Waals surface area contributed by atoms with Crippen LogP contribution in [0, 0.1) is 5.82 Å². The quantitative estimate of drug-likeness (QED) is 0.877. The van der Waals surface area contributed by atoms with E-state index >= 15 is 0 Å². The lowest BCUT2D eigenvalue weighted by molar-refractivity contribution is 0.532. The molecule has 90 valence electrons. The molecule has 0 aliphatic heterocycles. The molecule has 0 bridgehead atoms. The van der Waals surface area contributed by atoms with Gasteiger partial charge in [-0.05, 0) is 12.5 Å². The van der Waals surface area contributed by atoms with Crippen LogP contribution in [-0.4, -0.2) is 19.9 Å². The molecule has 2 unspecified atom stereocenters. The van der Waals surface area contributed by atoms with Crippen molar-refractivity contribution in [3.05, 3.63) is 35.6 Å². The van der Waals surface area contributed by atoms with Crippen LogP contribution in [0.4, 0.5) is 4.39 Å². The molecule has 0 aliphatic carbocycles. The lowest BCUT2D eigenvalue weighted by Gasteiger charge is -2.21. The Morgan fingerprint density at radius 2 is 1.94 bits per heavy atom. The molecule has 0 aliphatic rings. The van der Waals surface area contributed by atoms with Crippen LogP contribution in [0.15, 0.2) is 24.3 Å². The van der Waals surface area contributed by atoms with Crippen LogP contribution in [0.3, 0.4) is 0 Å². The van der Waals surface area contributed by atoms with E-state index in [1.807, 2.05) is 0 Å². The lowest BCUT2D eigenvalue weighted by Crippen LogP contribution is -2.33. The summed E-state index contributed by atoms with van der Waals surface area (Å²) in [4.78, 5) is 0. The maximum Gasteiger partial charge on any atom is 0.152 e. The highest BCUT2D eigenvalue weighted by molar-refractivity contribution is 7.91. The minimum Gasteiger partial charge on any atom is -0.323 e. The fourth-order valence-electron chi connectivity index (χ4n) is 1.77. The molecule has 3 nitrogen and oxygen atoms in total. The Morgan fingerprint density at radius 1 is 1.38 bits per heavy atom. The fraction of sp³-hybridized carbons (Fsp3) is 0.455. The number of rotatable bonds is 4. The van der Waals surface area contributed by atoms with Gasteiger partial charge in [0.15, 0.2) is 9.84 Å². The van der Waals surface area contributed by atoms with Gasteiger partial charge in [0.2, 0.25) is 0 Å². The Morgan fingerprint density at radius 3 is 2.38 bits per heavy atom. The Bertz CT molecular complexity index is 459. The summed E-state index contributed by atoms with van der Waals surface area (Å²) in [5.41, 5.74) is 6.07. The van der Waals surface area contributed by atoms with E-state index in [2.05, 4.69) is 0 Å². The Balaban J connectivity index is 3.10. The van der Waals surface area contributed by atoms with Crippen molar-refractivity contribution in [3.63, 3.8) is 0 Å². The molecule has 0 saturated carbocycles. The smallest absolute Gasteiger partial charge is 0.152 e. The summed E-state index contributed by atoms with van der Waals surface area (Å²) in [6.07, 6.45) is 1.50. The van der Waals surface area contributed by atoms with E-state index in [1.54, 1.807) is 19.1 Å². The molecular weight excluding hydrogens is 229 g/mol. The minimum absolute atomic E-state index is 0.250. The van der Waals surface area contributed by atoms with Gasteiger partial charge in [0.05, 0.1) is 5.25 Å². The summed E-state index contributed by atoms with van der Waals surface area (Å²) in [6.45, 7) is 1.73. The molecule has 1 aromatic carbocycles. The summed E-state index contributed by atoms with van der Waals surface area (Å²) in [7, 11) is -3.27. The van der Waals surface area contributed by atoms with Gasteiger partial charge in [0, 0.05) is 17.9 Å². The number of nitrogens with two attached hydrogens (primary N) is 1. The predicted octanol–water partition coefficient (Wildman–Crippen LogP) is 1.65. The second-order valence-electron chi connectivity index (χ2n) is 3.82. The van der Waals surface area contributed by atoms with Crippen molar-refractivity contribution in [3.8, 4) is 0 Å². The van der Waals surface area contributed by atoms with Gasteiger partial charge in [-0.3, -0.25) is 0 Å². The Kier molecular flexibility index (Phi) is 4.04. The van der Waals surface area contributed by atoms with Crippen LogP contribution in [0.25, 0.3) is 0 Å². The molecule has 16 heavy (non-hydrogen) atoms. The highest BCUT2D eigenvalue weighted by Gasteiger charge is 2.28. The van der Waals surface area contributed by atoms with Gasteiger partial charge in [0.1, 0.15) is 5.82 Å². The third-order valence-electron chi connectivity index (χ3n) is 2.62. The first kappa shape index (κ1) is 13.1. The van der Waals surface area contributed by atoms with Crippen LogP contribution < -0.4 is 5.73 Å². The van der Waals surface area contributed by atoms with E-state index in [0.29, 0.717) is 6.42 Å². The van der Waals surface area contributed by atoms with Crippen LogP contribution in [0.5, 0.6) is 0 Å². The summed E-state index contributed by atoms with van der Waals surface area (Å²) in [5, 5.41) is -0.746. The number of hydrogen-bond donors (Lipinski definition) is 1. The maximum absolute atomic E-state index is 13.5. The van der Waals surface area contributed by atoms with Crippen molar-refractivity contribution in [2.24, 2.45) is 5.73 Å². The van der Waals surface area contributed by atoms with Gasteiger partial charge in [-0.1, -0.05) is 25.1 Å². The zero-order chi connectivity index (χ0) is 12.3. The molecule has 0 saturated heterocycles. The molecule has 0 fully saturated rings. The van der Waals surface area contributed by atoms with Gasteiger partial charge < -0.3 is 5.73 Å². The molecule has 0 heterocycles. The van der Waals surface area contributed by atoms with Crippen LogP contribution in [0.2, 0.25) is 0 Å². The molecular formula is C11H16FNO2S. The van der Waals surface area contributed by atoms with E-state index in [4.69, 9.17) is 5.73 Å². The second-order valence-corrected chi connectivity index (χ2v) is 6.09. The zero-order valence-corrected chi connectivity index (χ0v) is 10.2. The monoisotopic (exact) mass is 245 g/mol. The predicted molar refractivity (Wildman–Crippen MR) is 62.3 cm³/mol. The average Bonchev–Trinajstić information content (AvgIpc) is 2.17. The lowest BCUT2D eigenvalue weighted by atomic mass is 10.0. The largest absolute Gasteiger partial charge is 0.323 e.